The van der Waals surface area contributed by atoms with Gasteiger partial charge in [-0.2, -0.15) is 13.7 Å². The Morgan fingerprint density at radius 3 is 2.86 bits per heavy atom. The number of nitrogens with zero attached hydrogens (tertiary/aromatic N) is 4. The molecule has 2 heterocycles. The van der Waals surface area contributed by atoms with Crippen molar-refractivity contribution >= 4 is 63.4 Å². The molecule has 0 spiro atoms. The summed E-state index contributed by atoms with van der Waals surface area (Å²) < 4.78 is 8.43. The molecular weight excluding hydrogens is 331 g/mol. The van der Waals surface area contributed by atoms with E-state index in [0.29, 0.717) is 39.6 Å². The maximum absolute atomic E-state index is 6.24. The number of halogens is 2. The summed E-state index contributed by atoms with van der Waals surface area (Å²) in [6.45, 7) is 2.68. The summed E-state index contributed by atoms with van der Waals surface area (Å²) in [5, 5.41) is 7.06. The van der Waals surface area contributed by atoms with Gasteiger partial charge in [0.2, 0.25) is 5.95 Å². The molecule has 0 radical (unpaired) electrons. The fourth-order valence-corrected chi connectivity index (χ4v) is 2.64. The van der Waals surface area contributed by atoms with Gasteiger partial charge in [-0.3, -0.25) is 0 Å². The Hall–Kier alpha value is -1.70. The van der Waals surface area contributed by atoms with Crippen LogP contribution >= 0.6 is 34.9 Å². The first-order valence-corrected chi connectivity index (χ1v) is 7.62. The second-order valence-electron chi connectivity index (χ2n) is 4.10. The van der Waals surface area contributed by atoms with Gasteiger partial charge in [-0.15, -0.1) is 0 Å². The van der Waals surface area contributed by atoms with Crippen LogP contribution in [0.5, 0.6) is 0 Å². The Morgan fingerprint density at radius 2 is 2.05 bits per heavy atom. The standard InChI is InChI=1S/C12H10Cl2N6S/c1-2-15-12-16-5-7(14)11(18-12)17-9-6(13)3-4-8-10(9)20-21-19-8/h3-5H,2H2,1H3,(H2,15,16,17,18). The molecule has 0 aliphatic heterocycles. The summed E-state index contributed by atoms with van der Waals surface area (Å²) in [5.41, 5.74) is 2.09. The molecule has 2 N–H and O–H groups in total. The molecule has 3 aromatic rings. The van der Waals surface area contributed by atoms with Gasteiger partial charge >= 0.3 is 0 Å². The van der Waals surface area contributed by atoms with Crippen LogP contribution < -0.4 is 10.6 Å². The fraction of sp³-hybridized carbons (Fsp3) is 0.167. The van der Waals surface area contributed by atoms with Crippen molar-refractivity contribution < 1.29 is 0 Å². The summed E-state index contributed by atoms with van der Waals surface area (Å²) in [6.07, 6.45) is 1.53. The molecule has 0 saturated heterocycles. The second kappa shape index (κ2) is 5.97. The van der Waals surface area contributed by atoms with Gasteiger partial charge in [0.05, 0.1) is 28.6 Å². The van der Waals surface area contributed by atoms with Crippen molar-refractivity contribution in [2.75, 3.05) is 17.2 Å². The third-order valence-corrected chi connectivity index (χ3v) is 3.83. The Balaban J connectivity index is 2.04. The minimum absolute atomic E-state index is 0.396. The van der Waals surface area contributed by atoms with E-state index in [9.17, 15) is 0 Å². The molecule has 0 aliphatic carbocycles. The molecular formula is C12H10Cl2N6S. The van der Waals surface area contributed by atoms with E-state index in [1.807, 2.05) is 13.0 Å². The smallest absolute Gasteiger partial charge is 0.224 e. The molecule has 3 rings (SSSR count). The predicted octanol–water partition coefficient (Wildman–Crippen LogP) is 3.96. The van der Waals surface area contributed by atoms with Crippen LogP contribution in [0.4, 0.5) is 17.5 Å². The molecule has 21 heavy (non-hydrogen) atoms. The summed E-state index contributed by atoms with van der Waals surface area (Å²) in [7, 11) is 0. The second-order valence-corrected chi connectivity index (χ2v) is 5.44. The van der Waals surface area contributed by atoms with Crippen LogP contribution in [0.25, 0.3) is 11.0 Å². The number of aromatic nitrogens is 4. The summed E-state index contributed by atoms with van der Waals surface area (Å²) >= 11 is 13.5. The lowest BCUT2D eigenvalue weighted by atomic mass is 10.2. The highest BCUT2D eigenvalue weighted by molar-refractivity contribution is 7.00. The largest absolute Gasteiger partial charge is 0.354 e. The minimum Gasteiger partial charge on any atom is -0.354 e. The number of fused-ring (bicyclic) bond motifs is 1. The molecule has 0 saturated carbocycles. The Labute approximate surface area is 134 Å². The Bertz CT molecular complexity index is 791. The van der Waals surface area contributed by atoms with E-state index in [2.05, 4.69) is 29.3 Å². The quantitative estimate of drug-likeness (QED) is 0.748. The van der Waals surface area contributed by atoms with E-state index in [-0.39, 0.29) is 0 Å². The minimum atomic E-state index is 0.396. The first-order chi connectivity index (χ1) is 10.2. The lowest BCUT2D eigenvalue weighted by Gasteiger charge is -2.10. The highest BCUT2D eigenvalue weighted by Gasteiger charge is 2.13. The van der Waals surface area contributed by atoms with E-state index < -0.39 is 0 Å². The van der Waals surface area contributed by atoms with Crippen molar-refractivity contribution in [3.8, 4) is 0 Å². The number of benzene rings is 1. The number of nitrogens with one attached hydrogen (secondary N) is 2. The zero-order chi connectivity index (χ0) is 14.8. The van der Waals surface area contributed by atoms with Gasteiger partial charge in [0.25, 0.3) is 0 Å². The molecule has 0 atom stereocenters. The first kappa shape index (κ1) is 14.2. The normalized spacial score (nSPS) is 10.8. The van der Waals surface area contributed by atoms with Crippen LogP contribution in [-0.4, -0.2) is 25.3 Å². The molecule has 9 heteroatoms. The zero-order valence-electron chi connectivity index (χ0n) is 10.9. The van der Waals surface area contributed by atoms with Crippen LogP contribution in [0.2, 0.25) is 10.0 Å². The molecule has 1 aromatic carbocycles. The summed E-state index contributed by atoms with van der Waals surface area (Å²) in [4.78, 5) is 8.41. The van der Waals surface area contributed by atoms with Crippen LogP contribution in [0.1, 0.15) is 6.92 Å². The van der Waals surface area contributed by atoms with E-state index in [4.69, 9.17) is 23.2 Å². The van der Waals surface area contributed by atoms with Gasteiger partial charge in [0.1, 0.15) is 16.1 Å². The van der Waals surface area contributed by atoms with Crippen molar-refractivity contribution in [1.29, 1.82) is 0 Å². The fourth-order valence-electron chi connectivity index (χ4n) is 1.76. The van der Waals surface area contributed by atoms with Crippen molar-refractivity contribution in [2.24, 2.45) is 0 Å². The van der Waals surface area contributed by atoms with Crippen molar-refractivity contribution in [3.05, 3.63) is 28.4 Å². The lowest BCUT2D eigenvalue weighted by Crippen LogP contribution is -2.04. The maximum Gasteiger partial charge on any atom is 0.224 e. The lowest BCUT2D eigenvalue weighted by molar-refractivity contribution is 1.09. The summed E-state index contributed by atoms with van der Waals surface area (Å²) in [5.74, 6) is 0.953. The van der Waals surface area contributed by atoms with Crippen LogP contribution in [0.15, 0.2) is 18.3 Å². The molecule has 0 unspecified atom stereocenters. The third kappa shape index (κ3) is 2.85. The molecule has 0 amide bonds. The SMILES string of the molecule is CCNc1ncc(Cl)c(Nc2c(Cl)ccc3nsnc23)n1. The van der Waals surface area contributed by atoms with Crippen LogP contribution in [0, 0.1) is 0 Å². The van der Waals surface area contributed by atoms with Crippen molar-refractivity contribution in [2.45, 2.75) is 6.92 Å². The third-order valence-electron chi connectivity index (χ3n) is 2.70. The van der Waals surface area contributed by atoms with E-state index in [1.54, 1.807) is 6.07 Å². The molecule has 108 valence electrons. The molecule has 2 aromatic heterocycles. The molecule has 0 bridgehead atoms. The van der Waals surface area contributed by atoms with Crippen LogP contribution in [-0.2, 0) is 0 Å². The van der Waals surface area contributed by atoms with E-state index in [0.717, 1.165) is 17.2 Å². The summed E-state index contributed by atoms with van der Waals surface area (Å²) in [6, 6.07) is 3.58. The van der Waals surface area contributed by atoms with Gasteiger partial charge in [-0.25, -0.2) is 4.98 Å². The van der Waals surface area contributed by atoms with Gasteiger partial charge < -0.3 is 10.6 Å². The van der Waals surface area contributed by atoms with Gasteiger partial charge in [0.15, 0.2) is 5.82 Å². The predicted molar refractivity (Wildman–Crippen MR) is 86.9 cm³/mol. The highest BCUT2D eigenvalue weighted by atomic mass is 35.5. The van der Waals surface area contributed by atoms with Gasteiger partial charge in [-0.1, -0.05) is 23.2 Å². The van der Waals surface area contributed by atoms with Crippen LogP contribution in [0.3, 0.4) is 0 Å². The van der Waals surface area contributed by atoms with Crippen molar-refractivity contribution in [3.63, 3.8) is 0 Å². The highest BCUT2D eigenvalue weighted by Crippen LogP contribution is 2.33. The molecule has 0 fully saturated rings. The number of hydrogen-bond acceptors (Lipinski definition) is 7. The van der Waals surface area contributed by atoms with E-state index >= 15 is 0 Å². The van der Waals surface area contributed by atoms with Crippen molar-refractivity contribution in [1.82, 2.24) is 18.7 Å². The van der Waals surface area contributed by atoms with E-state index in [1.165, 1.54) is 6.20 Å². The maximum atomic E-state index is 6.24. The Kier molecular flexibility index (Phi) is 4.05. The molecule has 0 aliphatic rings. The number of anilines is 3. The topological polar surface area (TPSA) is 75.6 Å². The molecule has 6 nitrogen and oxygen atoms in total. The number of rotatable bonds is 4. The average molecular weight is 341 g/mol. The monoisotopic (exact) mass is 340 g/mol. The average Bonchev–Trinajstić information content (AvgIpc) is 2.94. The number of hydrogen-bond donors (Lipinski definition) is 2. The first-order valence-electron chi connectivity index (χ1n) is 6.13. The van der Waals surface area contributed by atoms with Gasteiger partial charge in [-0.05, 0) is 19.1 Å². The Morgan fingerprint density at radius 1 is 1.19 bits per heavy atom. The zero-order valence-corrected chi connectivity index (χ0v) is 13.2. The van der Waals surface area contributed by atoms with Gasteiger partial charge in [0, 0.05) is 6.54 Å².